The molecule has 2 aromatic heterocycles. The monoisotopic (exact) mass is 396 g/mol. The molecule has 2 saturated heterocycles. The summed E-state index contributed by atoms with van der Waals surface area (Å²) >= 11 is 0. The Kier molecular flexibility index (Phi) is 5.60. The van der Waals surface area contributed by atoms with Crippen molar-refractivity contribution in [3.8, 4) is 0 Å². The molecule has 0 bridgehead atoms. The highest BCUT2D eigenvalue weighted by Gasteiger charge is 2.29. The fraction of sp³-hybridized carbons (Fsp3) is 0.571. The van der Waals surface area contributed by atoms with E-state index in [1.165, 1.54) is 6.42 Å². The third-order valence-corrected chi connectivity index (χ3v) is 5.90. The standard InChI is InChI=1S/C21H28N6O2/c1-15-18(21(29)26-8-4-3-5-9-26)12-22-19(24-15)16-7-6-10-27(14-16)20(28)17-11-23-25(2)13-17/h11-13,16H,3-10,14H2,1-2H3/t16-/m1/s1. The van der Waals surface area contributed by atoms with E-state index in [2.05, 4.69) is 15.1 Å². The van der Waals surface area contributed by atoms with E-state index in [1.54, 1.807) is 30.3 Å². The van der Waals surface area contributed by atoms with Gasteiger partial charge < -0.3 is 9.80 Å². The number of carbonyl (C=O) groups excluding carboxylic acids is 2. The van der Waals surface area contributed by atoms with Gasteiger partial charge in [0.05, 0.1) is 23.0 Å². The lowest BCUT2D eigenvalue weighted by molar-refractivity contribution is 0.0704. The molecule has 2 aliphatic heterocycles. The smallest absolute Gasteiger partial charge is 0.257 e. The maximum absolute atomic E-state index is 12.8. The maximum atomic E-state index is 12.8. The minimum Gasteiger partial charge on any atom is -0.339 e. The summed E-state index contributed by atoms with van der Waals surface area (Å²) in [6.45, 7) is 4.83. The van der Waals surface area contributed by atoms with E-state index >= 15 is 0 Å². The number of carbonyl (C=O) groups is 2. The molecule has 0 spiro atoms. The van der Waals surface area contributed by atoms with Crippen molar-refractivity contribution in [2.45, 2.75) is 44.9 Å². The Labute approximate surface area is 170 Å². The van der Waals surface area contributed by atoms with E-state index in [0.29, 0.717) is 17.7 Å². The molecule has 1 atom stereocenters. The first kappa shape index (κ1) is 19.5. The summed E-state index contributed by atoms with van der Waals surface area (Å²) in [6, 6.07) is 0. The highest BCUT2D eigenvalue weighted by atomic mass is 16.2. The van der Waals surface area contributed by atoms with Gasteiger partial charge in [0.25, 0.3) is 11.8 Å². The van der Waals surface area contributed by atoms with Gasteiger partial charge in [0.15, 0.2) is 0 Å². The molecule has 4 heterocycles. The van der Waals surface area contributed by atoms with Crippen LogP contribution in [0.25, 0.3) is 0 Å². The maximum Gasteiger partial charge on any atom is 0.257 e. The predicted molar refractivity (Wildman–Crippen MR) is 108 cm³/mol. The fourth-order valence-corrected chi connectivity index (χ4v) is 4.25. The quantitative estimate of drug-likeness (QED) is 0.794. The second-order valence-corrected chi connectivity index (χ2v) is 8.07. The lowest BCUT2D eigenvalue weighted by Crippen LogP contribution is -2.39. The van der Waals surface area contributed by atoms with Crippen molar-refractivity contribution >= 4 is 11.8 Å². The SMILES string of the molecule is Cc1nc([C@@H]2CCCN(C(=O)c3cnn(C)c3)C2)ncc1C(=O)N1CCCCC1. The minimum atomic E-state index is -0.00332. The third kappa shape index (κ3) is 4.16. The van der Waals surface area contributed by atoms with Crippen LogP contribution in [0.4, 0.5) is 0 Å². The third-order valence-electron chi connectivity index (χ3n) is 5.90. The molecular formula is C21H28N6O2. The van der Waals surface area contributed by atoms with Crippen LogP contribution in [0.2, 0.25) is 0 Å². The summed E-state index contributed by atoms with van der Waals surface area (Å²) in [5.74, 6) is 0.839. The zero-order valence-electron chi connectivity index (χ0n) is 17.2. The van der Waals surface area contributed by atoms with Crippen LogP contribution in [0.15, 0.2) is 18.6 Å². The van der Waals surface area contributed by atoms with Gasteiger partial charge in [0, 0.05) is 51.5 Å². The van der Waals surface area contributed by atoms with Crippen molar-refractivity contribution < 1.29 is 9.59 Å². The lowest BCUT2D eigenvalue weighted by atomic mass is 9.96. The largest absolute Gasteiger partial charge is 0.339 e. The van der Waals surface area contributed by atoms with Crippen LogP contribution in [0.3, 0.4) is 0 Å². The van der Waals surface area contributed by atoms with Gasteiger partial charge in [-0.1, -0.05) is 0 Å². The van der Waals surface area contributed by atoms with Gasteiger partial charge in [0.1, 0.15) is 5.82 Å². The minimum absolute atomic E-state index is 0.00332. The van der Waals surface area contributed by atoms with Crippen molar-refractivity contribution in [1.82, 2.24) is 29.5 Å². The van der Waals surface area contributed by atoms with Gasteiger partial charge in [-0.15, -0.1) is 0 Å². The van der Waals surface area contributed by atoms with Gasteiger partial charge in [-0.2, -0.15) is 5.10 Å². The molecule has 0 unspecified atom stereocenters. The molecule has 2 amide bonds. The van der Waals surface area contributed by atoms with Gasteiger partial charge in [-0.3, -0.25) is 14.3 Å². The van der Waals surface area contributed by atoms with Crippen molar-refractivity contribution in [1.29, 1.82) is 0 Å². The first-order valence-corrected chi connectivity index (χ1v) is 10.4. The van der Waals surface area contributed by atoms with E-state index in [4.69, 9.17) is 0 Å². The summed E-state index contributed by atoms with van der Waals surface area (Å²) in [7, 11) is 1.80. The topological polar surface area (TPSA) is 84.2 Å². The van der Waals surface area contributed by atoms with E-state index in [0.717, 1.165) is 56.8 Å². The van der Waals surface area contributed by atoms with Crippen LogP contribution in [0, 0.1) is 6.92 Å². The fourth-order valence-electron chi connectivity index (χ4n) is 4.25. The predicted octanol–water partition coefficient (Wildman–Crippen LogP) is 2.16. The number of hydrogen-bond donors (Lipinski definition) is 0. The molecule has 8 heteroatoms. The summed E-state index contributed by atoms with van der Waals surface area (Å²) in [6.07, 6.45) is 10.2. The Morgan fingerprint density at radius 1 is 1.00 bits per heavy atom. The van der Waals surface area contributed by atoms with Crippen LogP contribution in [-0.2, 0) is 7.05 Å². The van der Waals surface area contributed by atoms with Crippen LogP contribution in [0.1, 0.15) is 70.3 Å². The molecule has 2 aromatic rings. The van der Waals surface area contributed by atoms with E-state index in [1.807, 2.05) is 16.7 Å². The van der Waals surface area contributed by atoms with E-state index in [-0.39, 0.29) is 17.7 Å². The number of aromatic nitrogens is 4. The van der Waals surface area contributed by atoms with Gasteiger partial charge in [-0.05, 0) is 39.0 Å². The van der Waals surface area contributed by atoms with Crippen molar-refractivity contribution in [2.75, 3.05) is 26.2 Å². The number of nitrogens with zero attached hydrogens (tertiary/aromatic N) is 6. The molecule has 29 heavy (non-hydrogen) atoms. The van der Waals surface area contributed by atoms with Crippen LogP contribution < -0.4 is 0 Å². The Hall–Kier alpha value is -2.77. The normalized spacial score (nSPS) is 20.0. The summed E-state index contributed by atoms with van der Waals surface area (Å²) in [5, 5.41) is 4.09. The van der Waals surface area contributed by atoms with Crippen LogP contribution in [0.5, 0.6) is 0 Å². The number of rotatable bonds is 3. The van der Waals surface area contributed by atoms with E-state index in [9.17, 15) is 9.59 Å². The number of hydrogen-bond acceptors (Lipinski definition) is 5. The molecule has 0 radical (unpaired) electrons. The number of amides is 2. The molecular weight excluding hydrogens is 368 g/mol. The molecule has 8 nitrogen and oxygen atoms in total. The molecule has 0 saturated carbocycles. The zero-order valence-corrected chi connectivity index (χ0v) is 17.2. The van der Waals surface area contributed by atoms with Gasteiger partial charge in [0.2, 0.25) is 0 Å². The molecule has 0 aromatic carbocycles. The summed E-state index contributed by atoms with van der Waals surface area (Å²) in [5.41, 5.74) is 1.92. The summed E-state index contributed by atoms with van der Waals surface area (Å²) in [4.78, 5) is 38.5. The molecule has 0 N–H and O–H groups in total. The van der Waals surface area contributed by atoms with Crippen molar-refractivity contribution in [3.05, 3.63) is 41.2 Å². The van der Waals surface area contributed by atoms with Gasteiger partial charge >= 0.3 is 0 Å². The van der Waals surface area contributed by atoms with Crippen LogP contribution in [-0.4, -0.2) is 67.5 Å². The molecule has 0 aliphatic carbocycles. The molecule has 154 valence electrons. The summed E-state index contributed by atoms with van der Waals surface area (Å²) < 4.78 is 1.64. The molecule has 4 rings (SSSR count). The highest BCUT2D eigenvalue weighted by Crippen LogP contribution is 2.26. The average molecular weight is 396 g/mol. The number of piperidine rings is 2. The van der Waals surface area contributed by atoms with Crippen molar-refractivity contribution in [2.24, 2.45) is 7.05 Å². The first-order valence-electron chi connectivity index (χ1n) is 10.4. The lowest BCUT2D eigenvalue weighted by Gasteiger charge is -2.32. The van der Waals surface area contributed by atoms with Gasteiger partial charge in [-0.25, -0.2) is 9.97 Å². The number of aryl methyl sites for hydroxylation is 2. The molecule has 2 fully saturated rings. The molecule has 2 aliphatic rings. The Balaban J connectivity index is 1.47. The van der Waals surface area contributed by atoms with Crippen LogP contribution >= 0.6 is 0 Å². The second kappa shape index (κ2) is 8.31. The van der Waals surface area contributed by atoms with Crippen molar-refractivity contribution in [3.63, 3.8) is 0 Å². The highest BCUT2D eigenvalue weighted by molar-refractivity contribution is 5.95. The Bertz CT molecular complexity index is 902. The van der Waals surface area contributed by atoms with E-state index < -0.39 is 0 Å². The zero-order chi connectivity index (χ0) is 20.4. The first-order chi connectivity index (χ1) is 14.0. The number of likely N-dealkylation sites (tertiary alicyclic amines) is 2. The Morgan fingerprint density at radius 3 is 2.45 bits per heavy atom. The average Bonchev–Trinajstić information content (AvgIpc) is 3.19. The second-order valence-electron chi connectivity index (χ2n) is 8.07. The Morgan fingerprint density at radius 2 is 1.76 bits per heavy atom.